The van der Waals surface area contributed by atoms with Crippen molar-refractivity contribution in [2.24, 2.45) is 5.41 Å². The summed E-state index contributed by atoms with van der Waals surface area (Å²) in [6.07, 6.45) is 9.48. The van der Waals surface area contributed by atoms with Crippen LogP contribution in [0, 0.1) is 5.41 Å². The largest absolute Gasteiger partial charge is 0.316 e. The molecule has 1 fully saturated rings. The lowest BCUT2D eigenvalue weighted by Gasteiger charge is -2.34. The number of hydrogen-bond donors (Lipinski definition) is 1. The molecule has 1 aliphatic carbocycles. The van der Waals surface area contributed by atoms with Crippen LogP contribution in [0.15, 0.2) is 30.3 Å². The van der Waals surface area contributed by atoms with Gasteiger partial charge in [-0.2, -0.15) is 0 Å². The average Bonchev–Trinajstić information content (AvgIpc) is 2.84. The summed E-state index contributed by atoms with van der Waals surface area (Å²) in [6.45, 7) is 2.48. The lowest BCUT2D eigenvalue weighted by atomic mass is 9.78. The molecule has 0 heterocycles. The van der Waals surface area contributed by atoms with Gasteiger partial charge < -0.3 is 5.32 Å². The fourth-order valence-electron chi connectivity index (χ4n) is 3.53. The Morgan fingerprint density at radius 1 is 1.17 bits per heavy atom. The first-order chi connectivity index (χ1) is 8.74. The van der Waals surface area contributed by atoms with Gasteiger partial charge in [-0.25, -0.2) is 0 Å². The number of rotatable bonds is 6. The molecule has 2 rings (SSSR count). The van der Waals surface area contributed by atoms with Crippen molar-refractivity contribution in [1.29, 1.82) is 0 Å². The first kappa shape index (κ1) is 13.6. The van der Waals surface area contributed by atoms with Crippen LogP contribution in [-0.2, 0) is 6.42 Å². The van der Waals surface area contributed by atoms with Crippen LogP contribution in [0.4, 0.5) is 0 Å². The maximum atomic E-state index is 3.57. The van der Waals surface area contributed by atoms with Crippen molar-refractivity contribution in [3.8, 4) is 0 Å². The second kappa shape index (κ2) is 6.38. The second-order valence-electron chi connectivity index (χ2n) is 6.08. The Bertz CT molecular complexity index is 338. The Morgan fingerprint density at radius 2 is 1.83 bits per heavy atom. The van der Waals surface area contributed by atoms with Crippen molar-refractivity contribution in [1.82, 2.24) is 5.32 Å². The highest BCUT2D eigenvalue weighted by Crippen LogP contribution is 2.41. The molecule has 0 spiro atoms. The van der Waals surface area contributed by atoms with Crippen LogP contribution < -0.4 is 5.32 Å². The van der Waals surface area contributed by atoms with Gasteiger partial charge in [0.25, 0.3) is 0 Å². The molecular weight excluding hydrogens is 218 g/mol. The summed E-state index contributed by atoms with van der Waals surface area (Å²) in [7, 11) is 2.14. The summed E-state index contributed by atoms with van der Waals surface area (Å²) < 4.78 is 0. The number of nitrogens with one attached hydrogen (secondary N) is 1. The van der Waals surface area contributed by atoms with Crippen molar-refractivity contribution in [2.45, 2.75) is 57.9 Å². The van der Waals surface area contributed by atoms with Crippen LogP contribution in [0.5, 0.6) is 0 Å². The minimum absolute atomic E-state index is 0.547. The summed E-state index contributed by atoms with van der Waals surface area (Å²) in [5.74, 6) is 0. The smallest absolute Gasteiger partial charge is 0.0118 e. The molecule has 1 nitrogen and oxygen atoms in total. The Kier molecular flexibility index (Phi) is 4.82. The molecule has 0 bridgehead atoms. The van der Waals surface area contributed by atoms with E-state index in [1.807, 2.05) is 0 Å². The van der Waals surface area contributed by atoms with E-state index >= 15 is 0 Å². The molecule has 100 valence electrons. The maximum Gasteiger partial charge on any atom is 0.0118 e. The first-order valence-electron chi connectivity index (χ1n) is 7.46. The fourth-order valence-corrected chi connectivity index (χ4v) is 3.53. The standard InChI is InChI=1S/C17H27N/c1-17(13-6-7-14-17)16(18-2)12-8-11-15-9-4-3-5-10-15/h3-5,9-10,16,18H,6-8,11-14H2,1-2H3. The van der Waals surface area contributed by atoms with E-state index in [0.29, 0.717) is 11.5 Å². The average molecular weight is 245 g/mol. The Labute approximate surface area is 112 Å². The molecule has 1 N–H and O–H groups in total. The van der Waals surface area contributed by atoms with Gasteiger partial charge in [-0.15, -0.1) is 0 Å². The predicted molar refractivity (Wildman–Crippen MR) is 78.8 cm³/mol. The number of benzene rings is 1. The van der Waals surface area contributed by atoms with Gasteiger partial charge in [-0.05, 0) is 50.1 Å². The zero-order valence-electron chi connectivity index (χ0n) is 11.9. The summed E-state index contributed by atoms with van der Waals surface area (Å²) in [4.78, 5) is 0. The van der Waals surface area contributed by atoms with Gasteiger partial charge in [-0.3, -0.25) is 0 Å². The first-order valence-corrected chi connectivity index (χ1v) is 7.46. The second-order valence-corrected chi connectivity index (χ2v) is 6.08. The molecule has 0 radical (unpaired) electrons. The predicted octanol–water partition coefficient (Wildman–Crippen LogP) is 4.18. The molecule has 1 aromatic carbocycles. The summed E-state index contributed by atoms with van der Waals surface area (Å²) in [5.41, 5.74) is 2.02. The van der Waals surface area contributed by atoms with Crippen LogP contribution in [0.2, 0.25) is 0 Å². The normalized spacial score (nSPS) is 19.9. The molecular formula is C17H27N. The molecule has 1 aromatic rings. The van der Waals surface area contributed by atoms with Gasteiger partial charge in [0.1, 0.15) is 0 Å². The Hall–Kier alpha value is -0.820. The quantitative estimate of drug-likeness (QED) is 0.793. The van der Waals surface area contributed by atoms with Gasteiger partial charge >= 0.3 is 0 Å². The number of hydrogen-bond acceptors (Lipinski definition) is 1. The fraction of sp³-hybridized carbons (Fsp3) is 0.647. The van der Waals surface area contributed by atoms with E-state index in [2.05, 4.69) is 49.6 Å². The van der Waals surface area contributed by atoms with Crippen LogP contribution in [0.25, 0.3) is 0 Å². The molecule has 1 heteroatoms. The monoisotopic (exact) mass is 245 g/mol. The van der Waals surface area contributed by atoms with E-state index in [9.17, 15) is 0 Å². The van der Waals surface area contributed by atoms with E-state index < -0.39 is 0 Å². The van der Waals surface area contributed by atoms with Gasteiger partial charge in [0.2, 0.25) is 0 Å². The molecule has 0 aromatic heterocycles. The van der Waals surface area contributed by atoms with Crippen molar-refractivity contribution in [3.05, 3.63) is 35.9 Å². The van der Waals surface area contributed by atoms with E-state index in [-0.39, 0.29) is 0 Å². The minimum atomic E-state index is 0.547. The lowest BCUT2D eigenvalue weighted by Crippen LogP contribution is -2.40. The number of aryl methyl sites for hydroxylation is 1. The lowest BCUT2D eigenvalue weighted by molar-refractivity contribution is 0.217. The van der Waals surface area contributed by atoms with Crippen LogP contribution >= 0.6 is 0 Å². The van der Waals surface area contributed by atoms with E-state index in [4.69, 9.17) is 0 Å². The highest BCUT2D eigenvalue weighted by Gasteiger charge is 2.35. The summed E-state index contributed by atoms with van der Waals surface area (Å²) in [6, 6.07) is 11.6. The van der Waals surface area contributed by atoms with Crippen LogP contribution in [-0.4, -0.2) is 13.1 Å². The van der Waals surface area contributed by atoms with Crippen molar-refractivity contribution in [2.75, 3.05) is 7.05 Å². The summed E-state index contributed by atoms with van der Waals surface area (Å²) >= 11 is 0. The molecule has 0 amide bonds. The molecule has 1 aliphatic rings. The minimum Gasteiger partial charge on any atom is -0.316 e. The van der Waals surface area contributed by atoms with Crippen molar-refractivity contribution in [3.63, 3.8) is 0 Å². The van der Waals surface area contributed by atoms with Crippen molar-refractivity contribution >= 4 is 0 Å². The van der Waals surface area contributed by atoms with E-state index in [1.54, 1.807) is 0 Å². The highest BCUT2D eigenvalue weighted by atomic mass is 14.9. The summed E-state index contributed by atoms with van der Waals surface area (Å²) in [5, 5.41) is 3.57. The Balaban J connectivity index is 1.81. The molecule has 0 saturated heterocycles. The van der Waals surface area contributed by atoms with Crippen molar-refractivity contribution < 1.29 is 0 Å². The van der Waals surface area contributed by atoms with Crippen LogP contribution in [0.3, 0.4) is 0 Å². The van der Waals surface area contributed by atoms with Gasteiger partial charge in [-0.1, -0.05) is 50.1 Å². The third-order valence-corrected chi connectivity index (χ3v) is 4.74. The zero-order chi connectivity index (χ0) is 12.8. The third-order valence-electron chi connectivity index (χ3n) is 4.74. The van der Waals surface area contributed by atoms with E-state index in [0.717, 1.165) is 0 Å². The maximum absolute atomic E-state index is 3.57. The molecule has 18 heavy (non-hydrogen) atoms. The van der Waals surface area contributed by atoms with Gasteiger partial charge in [0.15, 0.2) is 0 Å². The van der Waals surface area contributed by atoms with E-state index in [1.165, 1.54) is 50.5 Å². The third kappa shape index (κ3) is 3.35. The molecule has 1 atom stereocenters. The topological polar surface area (TPSA) is 12.0 Å². The Morgan fingerprint density at radius 3 is 2.44 bits per heavy atom. The van der Waals surface area contributed by atoms with Crippen LogP contribution in [0.1, 0.15) is 51.0 Å². The molecule has 1 unspecified atom stereocenters. The van der Waals surface area contributed by atoms with Gasteiger partial charge in [0.05, 0.1) is 0 Å². The zero-order valence-corrected chi connectivity index (χ0v) is 11.9. The molecule has 0 aliphatic heterocycles. The SMILES string of the molecule is CNC(CCCc1ccccc1)C1(C)CCCC1. The van der Waals surface area contributed by atoms with Gasteiger partial charge in [0, 0.05) is 6.04 Å². The molecule has 1 saturated carbocycles. The highest BCUT2D eigenvalue weighted by molar-refractivity contribution is 5.14.